The monoisotopic (exact) mass is 258 g/mol. The molecule has 0 saturated carbocycles. The van der Waals surface area contributed by atoms with E-state index in [1.807, 2.05) is 10.7 Å². The van der Waals surface area contributed by atoms with Crippen molar-refractivity contribution < 1.29 is 0 Å². The van der Waals surface area contributed by atoms with Crippen molar-refractivity contribution >= 4 is 0 Å². The molecule has 0 fully saturated rings. The van der Waals surface area contributed by atoms with Crippen LogP contribution in [0.3, 0.4) is 0 Å². The quantitative estimate of drug-likeness (QED) is 0.865. The highest BCUT2D eigenvalue weighted by Gasteiger charge is 2.20. The number of aryl methyl sites for hydroxylation is 1. The standard InChI is InChI=1S/C15H22N4/c1-3-13(12-8-6-5-7-9-12)14(16)10-15-17-11-18-19(15)4-2/h5-9,11,13-14H,3-4,10,16H2,1-2H3. The van der Waals surface area contributed by atoms with Crippen molar-refractivity contribution in [1.82, 2.24) is 14.8 Å². The number of rotatable bonds is 6. The largest absolute Gasteiger partial charge is 0.327 e. The number of nitrogens with zero attached hydrogens (tertiary/aromatic N) is 3. The molecule has 0 amide bonds. The molecule has 2 rings (SSSR count). The van der Waals surface area contributed by atoms with E-state index in [2.05, 4.69) is 48.2 Å². The van der Waals surface area contributed by atoms with Crippen LogP contribution in [0.1, 0.15) is 37.6 Å². The molecule has 4 nitrogen and oxygen atoms in total. The van der Waals surface area contributed by atoms with Gasteiger partial charge in [0.1, 0.15) is 12.2 Å². The van der Waals surface area contributed by atoms with E-state index < -0.39 is 0 Å². The molecule has 0 aliphatic carbocycles. The normalized spacial score (nSPS) is 14.3. The van der Waals surface area contributed by atoms with E-state index in [4.69, 9.17) is 5.73 Å². The number of nitrogens with two attached hydrogens (primary N) is 1. The van der Waals surface area contributed by atoms with E-state index in [1.54, 1.807) is 6.33 Å². The average molecular weight is 258 g/mol. The van der Waals surface area contributed by atoms with Gasteiger partial charge in [-0.25, -0.2) is 4.98 Å². The van der Waals surface area contributed by atoms with Crippen molar-refractivity contribution in [2.45, 2.75) is 45.2 Å². The minimum absolute atomic E-state index is 0.0712. The van der Waals surface area contributed by atoms with Gasteiger partial charge in [-0.2, -0.15) is 5.10 Å². The molecule has 1 heterocycles. The van der Waals surface area contributed by atoms with Crippen LogP contribution >= 0.6 is 0 Å². The fourth-order valence-corrected chi connectivity index (χ4v) is 2.55. The maximum Gasteiger partial charge on any atom is 0.138 e. The van der Waals surface area contributed by atoms with Gasteiger partial charge in [0.2, 0.25) is 0 Å². The van der Waals surface area contributed by atoms with Gasteiger partial charge in [0.25, 0.3) is 0 Å². The summed E-state index contributed by atoms with van der Waals surface area (Å²) in [5.74, 6) is 1.34. The zero-order valence-corrected chi connectivity index (χ0v) is 11.7. The Bertz CT molecular complexity index is 492. The highest BCUT2D eigenvalue weighted by Crippen LogP contribution is 2.23. The zero-order chi connectivity index (χ0) is 13.7. The molecule has 102 valence electrons. The van der Waals surface area contributed by atoms with Crippen LogP contribution in [0.15, 0.2) is 36.7 Å². The van der Waals surface area contributed by atoms with Gasteiger partial charge in [-0.15, -0.1) is 0 Å². The lowest BCUT2D eigenvalue weighted by molar-refractivity contribution is 0.487. The summed E-state index contributed by atoms with van der Waals surface area (Å²) in [7, 11) is 0. The first-order chi connectivity index (χ1) is 9.26. The highest BCUT2D eigenvalue weighted by atomic mass is 15.3. The smallest absolute Gasteiger partial charge is 0.138 e. The minimum atomic E-state index is 0.0712. The lowest BCUT2D eigenvalue weighted by Gasteiger charge is -2.22. The lowest BCUT2D eigenvalue weighted by atomic mass is 9.88. The second-order valence-corrected chi connectivity index (χ2v) is 4.79. The van der Waals surface area contributed by atoms with Crippen LogP contribution in [0, 0.1) is 0 Å². The second kappa shape index (κ2) is 6.48. The first-order valence-electron chi connectivity index (χ1n) is 6.93. The Kier molecular flexibility index (Phi) is 4.68. The van der Waals surface area contributed by atoms with E-state index in [1.165, 1.54) is 5.56 Å². The van der Waals surface area contributed by atoms with Crippen LogP contribution < -0.4 is 5.73 Å². The molecule has 0 bridgehead atoms. The Morgan fingerprint density at radius 2 is 1.95 bits per heavy atom. The van der Waals surface area contributed by atoms with Gasteiger partial charge >= 0.3 is 0 Å². The first kappa shape index (κ1) is 13.7. The Morgan fingerprint density at radius 1 is 1.21 bits per heavy atom. The maximum atomic E-state index is 6.39. The van der Waals surface area contributed by atoms with Gasteiger partial charge < -0.3 is 5.73 Å². The fourth-order valence-electron chi connectivity index (χ4n) is 2.55. The third-order valence-electron chi connectivity index (χ3n) is 3.60. The fraction of sp³-hybridized carbons (Fsp3) is 0.467. The predicted molar refractivity (Wildman–Crippen MR) is 76.8 cm³/mol. The number of aromatic nitrogens is 3. The van der Waals surface area contributed by atoms with E-state index >= 15 is 0 Å². The Morgan fingerprint density at radius 3 is 2.58 bits per heavy atom. The number of benzene rings is 1. The Labute approximate surface area is 114 Å². The molecule has 2 unspecified atom stereocenters. The summed E-state index contributed by atoms with van der Waals surface area (Å²) in [5, 5.41) is 4.20. The molecule has 0 saturated heterocycles. The van der Waals surface area contributed by atoms with E-state index in [0.29, 0.717) is 5.92 Å². The second-order valence-electron chi connectivity index (χ2n) is 4.79. The molecular formula is C15H22N4. The first-order valence-corrected chi connectivity index (χ1v) is 6.93. The molecule has 1 aromatic carbocycles. The SMILES string of the molecule is CCC(c1ccccc1)C(N)Cc1ncnn1CC. The molecule has 2 N–H and O–H groups in total. The minimum Gasteiger partial charge on any atom is -0.327 e. The molecular weight excluding hydrogens is 236 g/mol. The van der Waals surface area contributed by atoms with Crippen LogP contribution in [0.4, 0.5) is 0 Å². The van der Waals surface area contributed by atoms with Gasteiger partial charge in [0.15, 0.2) is 0 Å². The van der Waals surface area contributed by atoms with E-state index in [9.17, 15) is 0 Å². The van der Waals surface area contributed by atoms with Crippen LogP contribution in [-0.4, -0.2) is 20.8 Å². The highest BCUT2D eigenvalue weighted by molar-refractivity contribution is 5.21. The van der Waals surface area contributed by atoms with E-state index in [0.717, 1.165) is 25.2 Å². The molecule has 0 aliphatic rings. The molecule has 4 heteroatoms. The Balaban J connectivity index is 2.11. The van der Waals surface area contributed by atoms with Crippen LogP contribution in [0.5, 0.6) is 0 Å². The molecule has 0 radical (unpaired) electrons. The molecule has 2 atom stereocenters. The van der Waals surface area contributed by atoms with Gasteiger partial charge in [-0.1, -0.05) is 37.3 Å². The maximum absolute atomic E-state index is 6.39. The van der Waals surface area contributed by atoms with Crippen LogP contribution in [0.2, 0.25) is 0 Å². The van der Waals surface area contributed by atoms with Crippen LogP contribution in [-0.2, 0) is 13.0 Å². The zero-order valence-electron chi connectivity index (χ0n) is 11.7. The van der Waals surface area contributed by atoms with Gasteiger partial charge in [0, 0.05) is 19.0 Å². The van der Waals surface area contributed by atoms with E-state index in [-0.39, 0.29) is 6.04 Å². The average Bonchev–Trinajstić information content (AvgIpc) is 2.88. The number of hydrogen-bond donors (Lipinski definition) is 1. The van der Waals surface area contributed by atoms with Gasteiger partial charge in [-0.3, -0.25) is 4.68 Å². The summed E-state index contributed by atoms with van der Waals surface area (Å²) in [6.07, 6.45) is 3.40. The molecule has 19 heavy (non-hydrogen) atoms. The molecule has 2 aromatic rings. The third kappa shape index (κ3) is 3.20. The van der Waals surface area contributed by atoms with Crippen molar-refractivity contribution in [3.8, 4) is 0 Å². The van der Waals surface area contributed by atoms with Gasteiger partial charge in [-0.05, 0) is 24.8 Å². The Hall–Kier alpha value is -1.68. The van der Waals surface area contributed by atoms with Crippen molar-refractivity contribution in [3.05, 3.63) is 48.0 Å². The molecule has 0 spiro atoms. The number of hydrogen-bond acceptors (Lipinski definition) is 3. The van der Waals surface area contributed by atoms with Gasteiger partial charge in [0.05, 0.1) is 0 Å². The van der Waals surface area contributed by atoms with Crippen molar-refractivity contribution in [2.24, 2.45) is 5.73 Å². The summed E-state index contributed by atoms with van der Waals surface area (Å²) in [4.78, 5) is 4.31. The van der Waals surface area contributed by atoms with Crippen molar-refractivity contribution in [3.63, 3.8) is 0 Å². The summed E-state index contributed by atoms with van der Waals surface area (Å²) in [5.41, 5.74) is 7.70. The summed E-state index contributed by atoms with van der Waals surface area (Å²) < 4.78 is 1.91. The summed E-state index contributed by atoms with van der Waals surface area (Å²) in [6, 6.07) is 10.5. The lowest BCUT2D eigenvalue weighted by Crippen LogP contribution is -2.31. The summed E-state index contributed by atoms with van der Waals surface area (Å²) in [6.45, 7) is 5.09. The predicted octanol–water partition coefficient (Wildman–Crippen LogP) is 2.36. The molecule has 0 aliphatic heterocycles. The topological polar surface area (TPSA) is 56.7 Å². The third-order valence-corrected chi connectivity index (χ3v) is 3.60. The summed E-state index contributed by atoms with van der Waals surface area (Å²) >= 11 is 0. The molecule has 1 aromatic heterocycles. The van der Waals surface area contributed by atoms with Crippen molar-refractivity contribution in [1.29, 1.82) is 0 Å². The van der Waals surface area contributed by atoms with Crippen LogP contribution in [0.25, 0.3) is 0 Å². The van der Waals surface area contributed by atoms with Crippen molar-refractivity contribution in [2.75, 3.05) is 0 Å².